The van der Waals surface area contributed by atoms with Crippen LogP contribution in [0, 0.1) is 0 Å². The predicted octanol–water partition coefficient (Wildman–Crippen LogP) is 4.59. The van der Waals surface area contributed by atoms with Gasteiger partial charge in [-0.1, -0.05) is 23.7 Å². The molecular weight excluding hydrogens is 446 g/mol. The lowest BCUT2D eigenvalue weighted by Gasteiger charge is -2.26. The fraction of sp³-hybridized carbons (Fsp3) is 0.360. The Labute approximate surface area is 198 Å². The normalized spacial score (nSPS) is 17.6. The number of aliphatic hydroxyl groups is 1. The van der Waals surface area contributed by atoms with Gasteiger partial charge in [-0.05, 0) is 56.2 Å². The number of aliphatic hydroxyl groups excluding tert-OH is 1. The van der Waals surface area contributed by atoms with Crippen molar-refractivity contribution in [3.8, 4) is 11.5 Å². The van der Waals surface area contributed by atoms with Gasteiger partial charge in [-0.2, -0.15) is 0 Å². The summed E-state index contributed by atoms with van der Waals surface area (Å²) in [4.78, 5) is 27.6. The van der Waals surface area contributed by atoms with E-state index in [2.05, 4.69) is 0 Å². The van der Waals surface area contributed by atoms with Crippen molar-refractivity contribution in [3.63, 3.8) is 0 Å². The first-order chi connectivity index (χ1) is 15.8. The Balaban J connectivity index is 2.14. The highest BCUT2D eigenvalue weighted by Gasteiger charge is 2.46. The number of benzene rings is 2. The van der Waals surface area contributed by atoms with Gasteiger partial charge < -0.3 is 24.2 Å². The molecular formula is C25H28ClNO6. The summed E-state index contributed by atoms with van der Waals surface area (Å²) >= 11 is 6.11. The molecule has 0 aromatic heterocycles. The number of hydrogen-bond acceptors (Lipinski definition) is 6. The zero-order valence-corrected chi connectivity index (χ0v) is 19.9. The summed E-state index contributed by atoms with van der Waals surface area (Å²) in [6.07, 6.45) is 0.492. The monoisotopic (exact) mass is 473 g/mol. The molecule has 1 unspecified atom stereocenters. The van der Waals surface area contributed by atoms with Gasteiger partial charge in [0.2, 0.25) is 0 Å². The van der Waals surface area contributed by atoms with Crippen LogP contribution in [-0.4, -0.2) is 55.2 Å². The predicted molar refractivity (Wildman–Crippen MR) is 126 cm³/mol. The molecule has 1 N–H and O–H groups in total. The van der Waals surface area contributed by atoms with E-state index in [1.807, 2.05) is 26.0 Å². The van der Waals surface area contributed by atoms with E-state index in [-0.39, 0.29) is 17.4 Å². The largest absolute Gasteiger partial charge is 0.507 e. The molecule has 0 saturated carbocycles. The quantitative estimate of drug-likeness (QED) is 0.248. The lowest BCUT2D eigenvalue weighted by atomic mass is 9.95. The third-order valence-electron chi connectivity index (χ3n) is 5.26. The molecule has 2 aromatic carbocycles. The smallest absolute Gasteiger partial charge is 0.295 e. The third-order valence-corrected chi connectivity index (χ3v) is 5.57. The summed E-state index contributed by atoms with van der Waals surface area (Å²) in [6.45, 7) is 4.55. The number of hydrogen-bond donors (Lipinski definition) is 1. The molecule has 0 aliphatic carbocycles. The van der Waals surface area contributed by atoms with Gasteiger partial charge in [-0.15, -0.1) is 0 Å². The number of carbonyl (C=O) groups is 2. The van der Waals surface area contributed by atoms with E-state index < -0.39 is 17.7 Å². The van der Waals surface area contributed by atoms with Crippen molar-refractivity contribution in [3.05, 3.63) is 64.2 Å². The van der Waals surface area contributed by atoms with Crippen LogP contribution in [0.15, 0.2) is 48.0 Å². The number of ketones is 1. The van der Waals surface area contributed by atoms with E-state index >= 15 is 0 Å². The van der Waals surface area contributed by atoms with E-state index in [0.717, 1.165) is 0 Å². The Bertz CT molecular complexity index is 1060. The molecule has 33 heavy (non-hydrogen) atoms. The van der Waals surface area contributed by atoms with Crippen molar-refractivity contribution >= 4 is 29.1 Å². The van der Waals surface area contributed by atoms with E-state index in [1.165, 1.54) is 18.1 Å². The van der Waals surface area contributed by atoms with Crippen molar-refractivity contribution in [2.24, 2.45) is 0 Å². The van der Waals surface area contributed by atoms with Crippen LogP contribution in [0.1, 0.15) is 37.4 Å². The minimum Gasteiger partial charge on any atom is -0.507 e. The van der Waals surface area contributed by atoms with Crippen LogP contribution in [0.4, 0.5) is 0 Å². The topological polar surface area (TPSA) is 85.3 Å². The van der Waals surface area contributed by atoms with Crippen LogP contribution in [0.2, 0.25) is 5.02 Å². The molecule has 1 fully saturated rings. The van der Waals surface area contributed by atoms with E-state index in [9.17, 15) is 14.7 Å². The van der Waals surface area contributed by atoms with Gasteiger partial charge in [-0.3, -0.25) is 9.59 Å². The molecule has 1 atom stereocenters. The van der Waals surface area contributed by atoms with Crippen molar-refractivity contribution in [2.75, 3.05) is 27.4 Å². The standard InChI is InChI=1S/C25H28ClNO6/c1-15(2)33-18-8-5-7-16(13-18)22-21(24(29)25(30)27(22)11-6-12-31-3)23(28)17-9-10-19(26)20(14-17)32-4/h5,7-10,13-15,22,28H,6,11-12H2,1-4H3/b23-21-. The molecule has 0 bridgehead atoms. The number of ether oxygens (including phenoxy) is 3. The second-order valence-corrected chi connectivity index (χ2v) is 8.33. The zero-order chi connectivity index (χ0) is 24.1. The number of Topliss-reactive ketones (excluding diaryl/α,β-unsaturated/α-hetero) is 1. The second kappa shape index (κ2) is 10.7. The Hall–Kier alpha value is -3.03. The van der Waals surface area contributed by atoms with Gasteiger partial charge in [0.25, 0.3) is 11.7 Å². The summed E-state index contributed by atoms with van der Waals surface area (Å²) in [5.74, 6) is -0.762. The summed E-state index contributed by atoms with van der Waals surface area (Å²) in [6, 6.07) is 11.1. The highest BCUT2D eigenvalue weighted by Crippen LogP contribution is 2.41. The molecule has 2 aromatic rings. The molecule has 0 spiro atoms. The minimum atomic E-state index is -0.778. The second-order valence-electron chi connectivity index (χ2n) is 7.93. The zero-order valence-electron chi connectivity index (χ0n) is 19.1. The van der Waals surface area contributed by atoms with Gasteiger partial charge in [0.15, 0.2) is 0 Å². The molecule has 1 heterocycles. The minimum absolute atomic E-state index is 0.00323. The van der Waals surface area contributed by atoms with Crippen molar-refractivity contribution in [2.45, 2.75) is 32.4 Å². The lowest BCUT2D eigenvalue weighted by Crippen LogP contribution is -2.31. The Kier molecular flexibility index (Phi) is 8.00. The molecule has 7 nitrogen and oxygen atoms in total. The number of halogens is 1. The molecule has 3 rings (SSSR count). The number of methoxy groups -OCH3 is 2. The Morgan fingerprint density at radius 2 is 1.91 bits per heavy atom. The van der Waals surface area contributed by atoms with Gasteiger partial charge in [0.1, 0.15) is 17.3 Å². The van der Waals surface area contributed by atoms with Gasteiger partial charge >= 0.3 is 0 Å². The number of nitrogens with zero attached hydrogens (tertiary/aromatic N) is 1. The van der Waals surface area contributed by atoms with Crippen molar-refractivity contribution in [1.29, 1.82) is 0 Å². The van der Waals surface area contributed by atoms with Crippen LogP contribution in [0.5, 0.6) is 11.5 Å². The maximum atomic E-state index is 13.1. The van der Waals surface area contributed by atoms with Crippen molar-refractivity contribution in [1.82, 2.24) is 4.90 Å². The van der Waals surface area contributed by atoms with Crippen LogP contribution in [-0.2, 0) is 14.3 Å². The highest BCUT2D eigenvalue weighted by atomic mass is 35.5. The van der Waals surface area contributed by atoms with Crippen molar-refractivity contribution < 1.29 is 28.9 Å². The summed E-state index contributed by atoms with van der Waals surface area (Å²) in [7, 11) is 3.03. The van der Waals surface area contributed by atoms with Crippen LogP contribution >= 0.6 is 11.6 Å². The maximum Gasteiger partial charge on any atom is 0.295 e. The van der Waals surface area contributed by atoms with Crippen LogP contribution in [0.3, 0.4) is 0 Å². The van der Waals surface area contributed by atoms with E-state index in [0.29, 0.717) is 47.2 Å². The SMILES string of the molecule is COCCCN1C(=O)C(=O)/C(=C(\O)c2ccc(Cl)c(OC)c2)C1c1cccc(OC(C)C)c1. The molecule has 8 heteroatoms. The summed E-state index contributed by atoms with van der Waals surface area (Å²) in [5.41, 5.74) is 0.987. The van der Waals surface area contributed by atoms with Gasteiger partial charge in [0, 0.05) is 25.8 Å². The summed E-state index contributed by atoms with van der Waals surface area (Å²) in [5, 5.41) is 11.5. The first-order valence-electron chi connectivity index (χ1n) is 10.7. The fourth-order valence-corrected chi connectivity index (χ4v) is 4.02. The third kappa shape index (κ3) is 5.31. The highest BCUT2D eigenvalue weighted by molar-refractivity contribution is 6.46. The van der Waals surface area contributed by atoms with Crippen LogP contribution < -0.4 is 9.47 Å². The number of rotatable bonds is 9. The number of amides is 1. The summed E-state index contributed by atoms with van der Waals surface area (Å²) < 4.78 is 16.2. The van der Waals surface area contributed by atoms with E-state index in [4.69, 9.17) is 25.8 Å². The van der Waals surface area contributed by atoms with Crippen LogP contribution in [0.25, 0.3) is 5.76 Å². The number of likely N-dealkylation sites (tertiary alicyclic amines) is 1. The molecule has 0 radical (unpaired) electrons. The maximum absolute atomic E-state index is 13.1. The first-order valence-corrected chi connectivity index (χ1v) is 11.0. The van der Waals surface area contributed by atoms with E-state index in [1.54, 1.807) is 31.4 Å². The molecule has 1 saturated heterocycles. The molecule has 1 aliphatic rings. The first kappa shape index (κ1) is 24.6. The fourth-order valence-electron chi connectivity index (χ4n) is 3.83. The average Bonchev–Trinajstić information content (AvgIpc) is 3.04. The molecule has 1 amide bonds. The number of carbonyl (C=O) groups excluding carboxylic acids is 2. The van der Waals surface area contributed by atoms with Gasteiger partial charge in [0.05, 0.1) is 29.9 Å². The van der Waals surface area contributed by atoms with Gasteiger partial charge in [-0.25, -0.2) is 0 Å². The molecule has 1 aliphatic heterocycles. The Morgan fingerprint density at radius 3 is 2.58 bits per heavy atom. The lowest BCUT2D eigenvalue weighted by molar-refractivity contribution is -0.140. The molecule has 176 valence electrons. The average molecular weight is 474 g/mol. The Morgan fingerprint density at radius 1 is 1.15 bits per heavy atom.